The average molecular weight is 364 g/mol. The SMILES string of the molecule is Cl.NC(C(=O)NCc1ccc(Br)cc1)C1CCOCC1. The zero-order valence-electron chi connectivity index (χ0n) is 11.2. The van der Waals surface area contributed by atoms with Crippen molar-refractivity contribution in [3.05, 3.63) is 34.3 Å². The van der Waals surface area contributed by atoms with Crippen LogP contribution < -0.4 is 11.1 Å². The molecule has 1 saturated heterocycles. The van der Waals surface area contributed by atoms with Gasteiger partial charge < -0.3 is 15.8 Å². The van der Waals surface area contributed by atoms with Crippen LogP contribution in [0.15, 0.2) is 28.7 Å². The third-order valence-electron chi connectivity index (χ3n) is 3.46. The molecule has 1 fully saturated rings. The van der Waals surface area contributed by atoms with Crippen LogP contribution in [-0.2, 0) is 16.1 Å². The van der Waals surface area contributed by atoms with E-state index in [0.29, 0.717) is 19.8 Å². The molecule has 0 spiro atoms. The fourth-order valence-electron chi connectivity index (χ4n) is 2.20. The van der Waals surface area contributed by atoms with Crippen molar-refractivity contribution in [1.29, 1.82) is 0 Å². The standard InChI is InChI=1S/C14H19BrN2O2.ClH/c15-12-3-1-10(2-4-12)9-17-14(18)13(16)11-5-7-19-8-6-11;/h1-4,11,13H,5-9,16H2,(H,17,18);1H. The first-order valence-corrected chi connectivity index (χ1v) is 7.31. The lowest BCUT2D eigenvalue weighted by atomic mass is 9.92. The minimum Gasteiger partial charge on any atom is -0.381 e. The van der Waals surface area contributed by atoms with E-state index in [-0.39, 0.29) is 24.2 Å². The van der Waals surface area contributed by atoms with Crippen molar-refractivity contribution >= 4 is 34.2 Å². The molecule has 3 N–H and O–H groups in total. The highest BCUT2D eigenvalue weighted by Gasteiger charge is 2.26. The first kappa shape index (κ1) is 17.4. The van der Waals surface area contributed by atoms with Crippen molar-refractivity contribution in [2.75, 3.05) is 13.2 Å². The summed E-state index contributed by atoms with van der Waals surface area (Å²) in [7, 11) is 0. The normalized spacial score (nSPS) is 17.1. The van der Waals surface area contributed by atoms with Crippen LogP contribution in [0.25, 0.3) is 0 Å². The van der Waals surface area contributed by atoms with E-state index in [9.17, 15) is 4.79 Å². The highest BCUT2D eigenvalue weighted by molar-refractivity contribution is 9.10. The summed E-state index contributed by atoms with van der Waals surface area (Å²) < 4.78 is 6.31. The Bertz CT molecular complexity index is 422. The number of carbonyl (C=O) groups excluding carboxylic acids is 1. The molecule has 2 rings (SSSR count). The van der Waals surface area contributed by atoms with Crippen molar-refractivity contribution < 1.29 is 9.53 Å². The molecule has 1 unspecified atom stereocenters. The van der Waals surface area contributed by atoms with Crippen LogP contribution in [0.5, 0.6) is 0 Å². The fourth-order valence-corrected chi connectivity index (χ4v) is 2.46. The molecule has 1 amide bonds. The van der Waals surface area contributed by atoms with E-state index >= 15 is 0 Å². The lowest BCUT2D eigenvalue weighted by Gasteiger charge is -2.26. The third-order valence-corrected chi connectivity index (χ3v) is 3.99. The second kappa shape index (κ2) is 8.62. The maximum absolute atomic E-state index is 12.0. The molecular formula is C14H20BrClN2O2. The van der Waals surface area contributed by atoms with Crippen molar-refractivity contribution in [3.63, 3.8) is 0 Å². The second-order valence-electron chi connectivity index (χ2n) is 4.82. The van der Waals surface area contributed by atoms with Crippen LogP contribution in [-0.4, -0.2) is 25.2 Å². The predicted molar refractivity (Wildman–Crippen MR) is 84.8 cm³/mol. The molecule has 1 aromatic rings. The zero-order chi connectivity index (χ0) is 13.7. The van der Waals surface area contributed by atoms with Gasteiger partial charge in [-0.25, -0.2) is 0 Å². The van der Waals surface area contributed by atoms with Gasteiger partial charge in [0, 0.05) is 24.2 Å². The minimum absolute atomic E-state index is 0. The smallest absolute Gasteiger partial charge is 0.237 e. The van der Waals surface area contributed by atoms with Gasteiger partial charge in [0.15, 0.2) is 0 Å². The number of nitrogens with two attached hydrogens (primary N) is 1. The number of amides is 1. The van der Waals surface area contributed by atoms with E-state index < -0.39 is 6.04 Å². The minimum atomic E-state index is -0.431. The van der Waals surface area contributed by atoms with Gasteiger partial charge in [-0.05, 0) is 36.5 Å². The highest BCUT2D eigenvalue weighted by atomic mass is 79.9. The topological polar surface area (TPSA) is 64.4 Å². The summed E-state index contributed by atoms with van der Waals surface area (Å²) >= 11 is 3.38. The Morgan fingerprint density at radius 3 is 2.55 bits per heavy atom. The van der Waals surface area contributed by atoms with E-state index in [4.69, 9.17) is 10.5 Å². The van der Waals surface area contributed by atoms with Gasteiger partial charge in [-0.1, -0.05) is 28.1 Å². The molecule has 1 aromatic carbocycles. The summed E-state index contributed by atoms with van der Waals surface area (Å²) in [6.07, 6.45) is 1.74. The third kappa shape index (κ3) is 5.05. The Hall–Kier alpha value is -0.620. The Labute approximate surface area is 134 Å². The molecule has 6 heteroatoms. The molecule has 0 saturated carbocycles. The number of hydrogen-bond acceptors (Lipinski definition) is 3. The number of hydrogen-bond donors (Lipinski definition) is 2. The van der Waals surface area contributed by atoms with Crippen LogP contribution in [0.4, 0.5) is 0 Å². The lowest BCUT2D eigenvalue weighted by Crippen LogP contribution is -2.46. The number of ether oxygens (including phenoxy) is 1. The molecule has 0 bridgehead atoms. The Balaban J connectivity index is 0.00000200. The first-order chi connectivity index (χ1) is 9.16. The molecule has 20 heavy (non-hydrogen) atoms. The first-order valence-electron chi connectivity index (χ1n) is 6.52. The Morgan fingerprint density at radius 2 is 1.95 bits per heavy atom. The summed E-state index contributed by atoms with van der Waals surface area (Å²) in [6, 6.07) is 7.44. The summed E-state index contributed by atoms with van der Waals surface area (Å²) in [5.74, 6) is 0.161. The number of rotatable bonds is 4. The monoisotopic (exact) mass is 362 g/mol. The molecule has 1 aliphatic heterocycles. The van der Waals surface area contributed by atoms with Gasteiger partial charge in [0.25, 0.3) is 0 Å². The van der Waals surface area contributed by atoms with E-state index in [1.807, 2.05) is 24.3 Å². The quantitative estimate of drug-likeness (QED) is 0.862. The number of halogens is 2. The van der Waals surface area contributed by atoms with Crippen LogP contribution >= 0.6 is 28.3 Å². The van der Waals surface area contributed by atoms with E-state index in [0.717, 1.165) is 22.9 Å². The number of carbonyl (C=O) groups is 1. The fraction of sp³-hybridized carbons (Fsp3) is 0.500. The van der Waals surface area contributed by atoms with Gasteiger partial charge >= 0.3 is 0 Å². The van der Waals surface area contributed by atoms with Crippen molar-refractivity contribution in [2.24, 2.45) is 11.7 Å². The molecule has 1 aliphatic rings. The Morgan fingerprint density at radius 1 is 1.35 bits per heavy atom. The zero-order valence-corrected chi connectivity index (χ0v) is 13.6. The highest BCUT2D eigenvalue weighted by Crippen LogP contribution is 2.17. The van der Waals surface area contributed by atoms with Crippen LogP contribution in [0, 0.1) is 5.92 Å². The molecule has 0 aromatic heterocycles. The maximum Gasteiger partial charge on any atom is 0.237 e. The summed E-state index contributed by atoms with van der Waals surface area (Å²) in [6.45, 7) is 1.93. The lowest BCUT2D eigenvalue weighted by molar-refractivity contribution is -0.124. The molecular weight excluding hydrogens is 344 g/mol. The average Bonchev–Trinajstić information content (AvgIpc) is 2.46. The molecule has 0 radical (unpaired) electrons. The molecule has 112 valence electrons. The maximum atomic E-state index is 12.0. The summed E-state index contributed by atoms with van der Waals surface area (Å²) in [4.78, 5) is 12.0. The van der Waals surface area contributed by atoms with Gasteiger partial charge in [-0.2, -0.15) is 0 Å². The van der Waals surface area contributed by atoms with E-state index in [2.05, 4.69) is 21.2 Å². The molecule has 4 nitrogen and oxygen atoms in total. The summed E-state index contributed by atoms with van der Waals surface area (Å²) in [5.41, 5.74) is 7.07. The number of nitrogens with one attached hydrogen (secondary N) is 1. The van der Waals surface area contributed by atoms with E-state index in [1.54, 1.807) is 0 Å². The van der Waals surface area contributed by atoms with Crippen LogP contribution in [0.2, 0.25) is 0 Å². The van der Waals surface area contributed by atoms with Gasteiger partial charge in [0.2, 0.25) is 5.91 Å². The molecule has 1 heterocycles. The van der Waals surface area contributed by atoms with Crippen LogP contribution in [0.1, 0.15) is 18.4 Å². The van der Waals surface area contributed by atoms with Crippen molar-refractivity contribution in [1.82, 2.24) is 5.32 Å². The second-order valence-corrected chi connectivity index (χ2v) is 5.74. The van der Waals surface area contributed by atoms with Gasteiger partial charge in [-0.15, -0.1) is 12.4 Å². The van der Waals surface area contributed by atoms with Crippen molar-refractivity contribution in [3.8, 4) is 0 Å². The van der Waals surface area contributed by atoms with Gasteiger partial charge in [-0.3, -0.25) is 4.79 Å². The van der Waals surface area contributed by atoms with Crippen molar-refractivity contribution in [2.45, 2.75) is 25.4 Å². The van der Waals surface area contributed by atoms with Gasteiger partial charge in [0.1, 0.15) is 0 Å². The Kier molecular flexibility index (Phi) is 7.51. The molecule has 0 aliphatic carbocycles. The van der Waals surface area contributed by atoms with Gasteiger partial charge in [0.05, 0.1) is 6.04 Å². The van der Waals surface area contributed by atoms with E-state index in [1.165, 1.54) is 0 Å². The largest absolute Gasteiger partial charge is 0.381 e. The predicted octanol–water partition coefficient (Wildman–Crippen LogP) is 2.24. The summed E-state index contributed by atoms with van der Waals surface area (Å²) in [5, 5.41) is 2.90. The molecule has 1 atom stereocenters. The number of benzene rings is 1. The van der Waals surface area contributed by atoms with Crippen LogP contribution in [0.3, 0.4) is 0 Å².